The lowest BCUT2D eigenvalue weighted by Crippen LogP contribution is -2.56. The second-order valence-corrected chi connectivity index (χ2v) is 5.11. The first-order valence-electron chi connectivity index (χ1n) is 4.91. The van der Waals surface area contributed by atoms with Crippen LogP contribution in [0.4, 0.5) is 0 Å². The number of carboxylic acid groups (broad SMARTS) is 1. The second kappa shape index (κ2) is 9.19. The molecular formula is C8H19NO8S. The Morgan fingerprint density at radius 2 is 1.50 bits per heavy atom. The minimum absolute atomic E-state index is 0.201. The van der Waals surface area contributed by atoms with E-state index >= 15 is 0 Å². The Labute approximate surface area is 105 Å². The topological polar surface area (TPSA) is 164 Å². The smallest absolute Gasteiger partial charge is 0.317 e. The molecule has 6 N–H and O–H groups in total. The van der Waals surface area contributed by atoms with E-state index in [1.807, 2.05) is 0 Å². The van der Waals surface area contributed by atoms with E-state index in [4.69, 9.17) is 25.0 Å². The average Bonchev–Trinajstić information content (AvgIpc) is 2.31. The summed E-state index contributed by atoms with van der Waals surface area (Å²) in [4.78, 5) is 10.1. The molecule has 0 spiro atoms. The summed E-state index contributed by atoms with van der Waals surface area (Å²) in [5, 5.41) is 36.7. The predicted molar refractivity (Wildman–Crippen MR) is 61.7 cm³/mol. The maximum atomic E-state index is 10.1. The number of hydrogen-bond acceptors (Lipinski definition) is 7. The van der Waals surface area contributed by atoms with Crippen LogP contribution in [-0.2, 0) is 14.9 Å². The van der Waals surface area contributed by atoms with Crippen LogP contribution < -0.4 is 5.32 Å². The summed E-state index contributed by atoms with van der Waals surface area (Å²) in [6.45, 7) is -0.606. The highest BCUT2D eigenvalue weighted by Crippen LogP contribution is 2.00. The van der Waals surface area contributed by atoms with Gasteiger partial charge in [0.25, 0.3) is 10.1 Å². The summed E-state index contributed by atoms with van der Waals surface area (Å²) in [5.74, 6) is -1.32. The van der Waals surface area contributed by atoms with E-state index in [0.717, 1.165) is 0 Å². The first-order chi connectivity index (χ1) is 8.16. The molecule has 0 saturated carbocycles. The summed E-state index contributed by atoms with van der Waals surface area (Å²) >= 11 is 0. The summed E-state index contributed by atoms with van der Waals surface area (Å²) < 4.78 is 26.9. The maximum absolute atomic E-state index is 10.1. The van der Waals surface area contributed by atoms with Crippen molar-refractivity contribution in [3.05, 3.63) is 0 Å². The summed E-state index contributed by atoms with van der Waals surface area (Å²) in [6.07, 6.45) is 0. The van der Waals surface area contributed by atoms with E-state index in [9.17, 15) is 13.2 Å². The molecular weight excluding hydrogens is 270 g/mol. The van der Waals surface area contributed by atoms with Crippen LogP contribution in [-0.4, -0.2) is 77.0 Å². The van der Waals surface area contributed by atoms with Crippen LogP contribution in [0.25, 0.3) is 0 Å². The Bertz CT molecular complexity index is 316. The van der Waals surface area contributed by atoms with Gasteiger partial charge >= 0.3 is 5.97 Å². The van der Waals surface area contributed by atoms with Crippen LogP contribution in [0.3, 0.4) is 0 Å². The minimum atomic E-state index is -3.66. The number of nitrogens with one attached hydrogen (secondary N) is 1. The maximum Gasteiger partial charge on any atom is 0.317 e. The molecule has 0 aliphatic carbocycles. The fourth-order valence-electron chi connectivity index (χ4n) is 0.581. The number of rotatable bonds is 7. The van der Waals surface area contributed by atoms with E-state index in [1.54, 1.807) is 0 Å². The van der Waals surface area contributed by atoms with Gasteiger partial charge < -0.3 is 20.4 Å². The van der Waals surface area contributed by atoms with E-state index < -0.39 is 48.0 Å². The van der Waals surface area contributed by atoms with Gasteiger partial charge in [-0.25, -0.2) is 0 Å². The molecule has 0 aromatic rings. The molecule has 0 heterocycles. The SMILES string of the molecule is CCS(=O)(=O)O.O=C(O)CNC(CO)(CO)CO. The highest BCUT2D eigenvalue weighted by molar-refractivity contribution is 7.85. The van der Waals surface area contributed by atoms with Gasteiger partial charge in [-0.1, -0.05) is 0 Å². The molecule has 0 aromatic heterocycles. The molecule has 0 amide bonds. The van der Waals surface area contributed by atoms with Gasteiger partial charge in [-0.2, -0.15) is 8.42 Å². The molecule has 0 rings (SSSR count). The lowest BCUT2D eigenvalue weighted by atomic mass is 10.0. The Morgan fingerprint density at radius 3 is 1.67 bits per heavy atom. The monoisotopic (exact) mass is 289 g/mol. The molecule has 0 atom stereocenters. The highest BCUT2D eigenvalue weighted by atomic mass is 32.2. The van der Waals surface area contributed by atoms with Gasteiger partial charge in [0.05, 0.1) is 37.7 Å². The quantitative estimate of drug-likeness (QED) is 0.273. The molecule has 0 fully saturated rings. The first kappa shape index (κ1) is 19.6. The zero-order valence-electron chi connectivity index (χ0n) is 9.90. The van der Waals surface area contributed by atoms with E-state index in [2.05, 4.69) is 5.32 Å². The molecule has 0 aliphatic heterocycles. The number of hydrogen-bond donors (Lipinski definition) is 6. The lowest BCUT2D eigenvalue weighted by Gasteiger charge is -2.27. The fraction of sp³-hybridized carbons (Fsp3) is 0.875. The van der Waals surface area contributed by atoms with Crippen molar-refractivity contribution >= 4 is 16.1 Å². The van der Waals surface area contributed by atoms with Gasteiger partial charge in [0.2, 0.25) is 0 Å². The largest absolute Gasteiger partial charge is 0.480 e. The third-order valence-electron chi connectivity index (χ3n) is 1.89. The van der Waals surface area contributed by atoms with Gasteiger partial charge in [-0.05, 0) is 6.92 Å². The van der Waals surface area contributed by atoms with Crippen molar-refractivity contribution in [3.63, 3.8) is 0 Å². The van der Waals surface area contributed by atoms with Gasteiger partial charge in [-0.15, -0.1) is 0 Å². The number of aliphatic hydroxyl groups excluding tert-OH is 3. The summed E-state index contributed by atoms with van der Waals surface area (Å²) in [5.41, 5.74) is -1.31. The van der Waals surface area contributed by atoms with Crippen LogP contribution in [0.1, 0.15) is 6.92 Å². The second-order valence-electron chi connectivity index (χ2n) is 3.37. The van der Waals surface area contributed by atoms with Crippen molar-refractivity contribution in [3.8, 4) is 0 Å². The third-order valence-corrected chi connectivity index (χ3v) is 2.62. The Morgan fingerprint density at radius 1 is 1.17 bits per heavy atom. The van der Waals surface area contributed by atoms with Crippen LogP contribution >= 0.6 is 0 Å². The normalized spacial score (nSPS) is 11.6. The number of carboxylic acids is 1. The molecule has 18 heavy (non-hydrogen) atoms. The van der Waals surface area contributed by atoms with Crippen molar-refractivity contribution < 1.29 is 38.2 Å². The van der Waals surface area contributed by atoms with Crippen LogP contribution in [0.2, 0.25) is 0 Å². The molecule has 9 nitrogen and oxygen atoms in total. The van der Waals surface area contributed by atoms with Gasteiger partial charge in [0.15, 0.2) is 0 Å². The molecule has 0 aromatic carbocycles. The number of carbonyl (C=O) groups is 1. The zero-order valence-corrected chi connectivity index (χ0v) is 10.7. The minimum Gasteiger partial charge on any atom is -0.480 e. The van der Waals surface area contributed by atoms with Crippen molar-refractivity contribution in [2.75, 3.05) is 32.1 Å². The fourth-order valence-corrected chi connectivity index (χ4v) is 0.581. The summed E-state index contributed by atoms with van der Waals surface area (Å²) in [7, 11) is -3.66. The van der Waals surface area contributed by atoms with Crippen molar-refractivity contribution in [2.45, 2.75) is 12.5 Å². The molecule has 0 bridgehead atoms. The number of aliphatic carboxylic acids is 1. The molecule has 10 heteroatoms. The average molecular weight is 289 g/mol. The summed E-state index contributed by atoms with van der Waals surface area (Å²) in [6, 6.07) is 0. The molecule has 0 unspecified atom stereocenters. The first-order valence-corrected chi connectivity index (χ1v) is 6.52. The third kappa shape index (κ3) is 10.4. The predicted octanol–water partition coefficient (Wildman–Crippen LogP) is -2.73. The Balaban J connectivity index is 0. The van der Waals surface area contributed by atoms with Gasteiger partial charge in [0, 0.05) is 0 Å². The van der Waals surface area contributed by atoms with Crippen molar-refractivity contribution in [2.24, 2.45) is 0 Å². The molecule has 0 saturated heterocycles. The lowest BCUT2D eigenvalue weighted by molar-refractivity contribution is -0.136. The van der Waals surface area contributed by atoms with E-state index in [1.165, 1.54) is 6.92 Å². The highest BCUT2D eigenvalue weighted by Gasteiger charge is 2.27. The zero-order chi connectivity index (χ0) is 14.8. The van der Waals surface area contributed by atoms with Gasteiger partial charge in [-0.3, -0.25) is 14.7 Å². The van der Waals surface area contributed by atoms with Crippen LogP contribution in [0.15, 0.2) is 0 Å². The number of aliphatic hydroxyl groups is 3. The molecule has 0 radical (unpaired) electrons. The van der Waals surface area contributed by atoms with Crippen LogP contribution in [0.5, 0.6) is 0 Å². The Kier molecular flexibility index (Phi) is 9.99. The van der Waals surface area contributed by atoms with E-state index in [-0.39, 0.29) is 5.75 Å². The van der Waals surface area contributed by atoms with E-state index in [0.29, 0.717) is 0 Å². The van der Waals surface area contributed by atoms with Crippen molar-refractivity contribution in [1.82, 2.24) is 5.32 Å². The van der Waals surface area contributed by atoms with Crippen LogP contribution in [0, 0.1) is 0 Å². The Hall–Kier alpha value is -0.780. The van der Waals surface area contributed by atoms with Crippen molar-refractivity contribution in [1.29, 1.82) is 0 Å². The van der Waals surface area contributed by atoms with Gasteiger partial charge in [0.1, 0.15) is 0 Å². The standard InChI is InChI=1S/C6H13NO5.C2H6O3S/c8-2-6(3-9,4-10)7-1-5(11)12;1-2-6(3,4)5/h7-10H,1-4H2,(H,11,12);2H2,1H3,(H,3,4,5). The molecule has 0 aliphatic rings. The molecule has 110 valence electrons.